The number of urea groups is 1. The maximum absolute atomic E-state index is 14.9. The molecule has 2 aliphatic heterocycles. The fraction of sp³-hybridized carbons (Fsp3) is 0.435. The number of ether oxygens (including phenoxy) is 1. The molecule has 3 atom stereocenters. The van der Waals surface area contributed by atoms with Gasteiger partial charge in [-0.25, -0.2) is 14.2 Å². The second kappa shape index (κ2) is 8.42. The maximum Gasteiger partial charge on any atom is 0.417 e. The number of methoxy groups -OCH3 is 1. The Morgan fingerprint density at radius 3 is 2.72 bits per heavy atom. The van der Waals surface area contributed by atoms with Crippen molar-refractivity contribution < 1.29 is 31.5 Å². The molecule has 0 saturated carbocycles. The van der Waals surface area contributed by atoms with Crippen molar-refractivity contribution in [2.24, 2.45) is 5.92 Å². The lowest BCUT2D eigenvalue weighted by molar-refractivity contribution is -0.137. The van der Waals surface area contributed by atoms with Gasteiger partial charge in [0.25, 0.3) is 0 Å². The van der Waals surface area contributed by atoms with Crippen molar-refractivity contribution in [2.75, 3.05) is 12.4 Å². The predicted molar refractivity (Wildman–Crippen MR) is 117 cm³/mol. The summed E-state index contributed by atoms with van der Waals surface area (Å²) in [5.41, 5.74) is -3.07. The van der Waals surface area contributed by atoms with Crippen LogP contribution in [-0.2, 0) is 11.7 Å². The quantitative estimate of drug-likeness (QED) is 0.500. The summed E-state index contributed by atoms with van der Waals surface area (Å²) in [6.45, 7) is 3.69. The Bertz CT molecular complexity index is 1330. The molecule has 13 heteroatoms. The molecule has 2 aromatic heterocycles. The van der Waals surface area contributed by atoms with E-state index in [-0.39, 0.29) is 29.6 Å². The number of carbonyl (C=O) groups excluding carboxylic acids is 1. The minimum atomic E-state index is -4.89. The Kier molecular flexibility index (Phi) is 5.60. The molecule has 190 valence electrons. The van der Waals surface area contributed by atoms with Gasteiger partial charge in [-0.1, -0.05) is 6.92 Å². The van der Waals surface area contributed by atoms with E-state index in [0.717, 1.165) is 12.5 Å². The molecule has 4 heterocycles. The van der Waals surface area contributed by atoms with Crippen LogP contribution in [0.15, 0.2) is 28.8 Å². The van der Waals surface area contributed by atoms with E-state index in [1.165, 1.54) is 24.3 Å². The Morgan fingerprint density at radius 2 is 2.06 bits per heavy atom. The zero-order valence-corrected chi connectivity index (χ0v) is 19.6. The Morgan fingerprint density at radius 1 is 1.28 bits per heavy atom. The van der Waals surface area contributed by atoms with Crippen molar-refractivity contribution in [1.82, 2.24) is 25.1 Å². The first kappa shape index (κ1) is 23.9. The summed E-state index contributed by atoms with van der Waals surface area (Å²) in [5.74, 6) is -0.634. The number of fused-ring (bicyclic) bond motifs is 2. The highest BCUT2D eigenvalue weighted by Gasteiger charge is 2.62. The van der Waals surface area contributed by atoms with Crippen molar-refractivity contribution in [3.63, 3.8) is 0 Å². The molecule has 9 nitrogen and oxygen atoms in total. The van der Waals surface area contributed by atoms with E-state index >= 15 is 0 Å². The molecular weight excluding hydrogens is 484 g/mol. The van der Waals surface area contributed by atoms with Gasteiger partial charge in [0.2, 0.25) is 17.7 Å². The van der Waals surface area contributed by atoms with E-state index in [1.807, 2.05) is 0 Å². The highest BCUT2D eigenvalue weighted by atomic mass is 19.4. The predicted octanol–water partition coefficient (Wildman–Crippen LogP) is 4.93. The number of halogens is 4. The van der Waals surface area contributed by atoms with Crippen molar-refractivity contribution >= 4 is 11.7 Å². The van der Waals surface area contributed by atoms with Crippen LogP contribution in [0.25, 0.3) is 11.4 Å². The lowest BCUT2D eigenvalue weighted by Gasteiger charge is -2.61. The van der Waals surface area contributed by atoms with Gasteiger partial charge >= 0.3 is 12.2 Å². The number of piperidine rings is 1. The number of carbonyl (C=O) groups is 1. The monoisotopic (exact) mass is 506 g/mol. The molecule has 2 bridgehead atoms. The molecule has 2 saturated heterocycles. The highest BCUT2D eigenvalue weighted by molar-refractivity contribution is 5.92. The number of anilines is 1. The lowest BCUT2D eigenvalue weighted by Crippen LogP contribution is -2.70. The number of hydrogen-bond acceptors (Lipinski definition) is 7. The lowest BCUT2D eigenvalue weighted by atomic mass is 9.64. The number of aryl methyl sites for hydroxylation is 1. The molecule has 1 aromatic carbocycles. The maximum atomic E-state index is 14.9. The van der Waals surface area contributed by atoms with E-state index in [0.29, 0.717) is 24.8 Å². The third kappa shape index (κ3) is 3.91. The molecule has 1 N–H and O–H groups in total. The average Bonchev–Trinajstić information content (AvgIpc) is 3.25. The molecule has 2 aliphatic rings. The van der Waals surface area contributed by atoms with Gasteiger partial charge in [-0.05, 0) is 30.9 Å². The first-order valence-electron chi connectivity index (χ1n) is 11.2. The number of alkyl halides is 3. The van der Waals surface area contributed by atoms with E-state index in [4.69, 9.17) is 9.15 Å². The second-order valence-electron chi connectivity index (χ2n) is 9.16. The van der Waals surface area contributed by atoms with Gasteiger partial charge in [0, 0.05) is 37.2 Å². The third-order valence-electron chi connectivity index (χ3n) is 6.64. The van der Waals surface area contributed by atoms with Crippen LogP contribution in [-0.4, -0.2) is 44.2 Å². The van der Waals surface area contributed by atoms with E-state index in [9.17, 15) is 22.4 Å². The van der Waals surface area contributed by atoms with Crippen LogP contribution >= 0.6 is 0 Å². The summed E-state index contributed by atoms with van der Waals surface area (Å²) in [7, 11) is 1.30. The van der Waals surface area contributed by atoms with E-state index in [1.54, 1.807) is 6.92 Å². The summed E-state index contributed by atoms with van der Waals surface area (Å²) in [4.78, 5) is 22.7. The van der Waals surface area contributed by atoms with Gasteiger partial charge in [0.15, 0.2) is 5.82 Å². The van der Waals surface area contributed by atoms with Crippen LogP contribution in [0.5, 0.6) is 5.88 Å². The summed E-state index contributed by atoms with van der Waals surface area (Å²) < 4.78 is 66.8. The van der Waals surface area contributed by atoms with Crippen molar-refractivity contribution in [2.45, 2.75) is 50.9 Å². The van der Waals surface area contributed by atoms with Crippen molar-refractivity contribution in [1.29, 1.82) is 0 Å². The number of hydrogen-bond donors (Lipinski definition) is 1. The zero-order chi connectivity index (χ0) is 25.8. The molecule has 3 aromatic rings. The number of benzene rings is 1. The van der Waals surface area contributed by atoms with Crippen LogP contribution in [0, 0.1) is 18.7 Å². The molecule has 36 heavy (non-hydrogen) atoms. The Labute approximate surface area is 202 Å². The van der Waals surface area contributed by atoms with Gasteiger partial charge < -0.3 is 19.4 Å². The molecular formula is C23H22F4N6O3. The average molecular weight is 506 g/mol. The summed E-state index contributed by atoms with van der Waals surface area (Å²) >= 11 is 0. The number of nitrogens with zero attached hydrogens (tertiary/aromatic N) is 5. The highest BCUT2D eigenvalue weighted by Crippen LogP contribution is 2.55. The minimum absolute atomic E-state index is 0.0300. The standard InChI is InChI=1S/C23H22F4N6O3/c1-11-6-13-10-22(9-11,20-32-31-12(2)36-20)33(13)21(34)29-17-7-14(15(8-16(17)24)23(25,26)27)19-28-5-4-18(30-19)35-3/h4-5,7-8,11,13H,6,9-10H2,1-3H3,(H,29,34)/t11-,13?,22?/m1/s1. The zero-order valence-electron chi connectivity index (χ0n) is 19.6. The van der Waals surface area contributed by atoms with Crippen molar-refractivity contribution in [3.05, 3.63) is 47.6 Å². The van der Waals surface area contributed by atoms with E-state index < -0.39 is 40.4 Å². The molecule has 0 aliphatic carbocycles. The van der Waals surface area contributed by atoms with Crippen molar-refractivity contribution in [3.8, 4) is 17.3 Å². The number of nitrogens with one attached hydrogen (secondary N) is 1. The Hall–Kier alpha value is -3.77. The Balaban J connectivity index is 1.51. The third-order valence-corrected chi connectivity index (χ3v) is 6.64. The minimum Gasteiger partial charge on any atom is -0.481 e. The largest absolute Gasteiger partial charge is 0.481 e. The van der Waals surface area contributed by atoms with Crippen LogP contribution in [0.4, 0.5) is 28.0 Å². The molecule has 5 rings (SSSR count). The SMILES string of the molecule is COc1ccnc(-c2cc(NC(=O)N3C4C[C@@H](C)CC3(c3nnc(C)o3)C4)c(F)cc2C(F)(F)F)n1. The van der Waals surface area contributed by atoms with Crippen LogP contribution in [0.3, 0.4) is 0 Å². The molecule has 2 fully saturated rings. The van der Waals surface area contributed by atoms with Crippen LogP contribution in [0.2, 0.25) is 0 Å². The van der Waals surface area contributed by atoms with Gasteiger partial charge in [0.1, 0.15) is 11.4 Å². The molecule has 2 unspecified atom stereocenters. The second-order valence-corrected chi connectivity index (χ2v) is 9.16. The fourth-order valence-electron chi connectivity index (χ4n) is 5.28. The van der Waals surface area contributed by atoms with Crippen LogP contribution in [0.1, 0.15) is 43.5 Å². The van der Waals surface area contributed by atoms with Gasteiger partial charge in [0.05, 0.1) is 18.4 Å². The normalized spacial score (nSPS) is 23.2. The first-order chi connectivity index (χ1) is 17.0. The van der Waals surface area contributed by atoms with E-state index in [2.05, 4.69) is 32.4 Å². The van der Waals surface area contributed by atoms with Crippen LogP contribution < -0.4 is 10.1 Å². The molecule has 0 spiro atoms. The van der Waals surface area contributed by atoms with Gasteiger partial charge in [-0.3, -0.25) is 0 Å². The summed E-state index contributed by atoms with van der Waals surface area (Å²) in [6.07, 6.45) is -1.78. The number of amides is 2. The number of aromatic nitrogens is 4. The van der Waals surface area contributed by atoms with Gasteiger partial charge in [-0.2, -0.15) is 18.2 Å². The summed E-state index contributed by atoms with van der Waals surface area (Å²) in [6, 6.07) is 1.74. The fourth-order valence-corrected chi connectivity index (χ4v) is 5.28. The molecule has 0 radical (unpaired) electrons. The van der Waals surface area contributed by atoms with Gasteiger partial charge in [-0.15, -0.1) is 10.2 Å². The number of rotatable bonds is 4. The first-order valence-corrected chi connectivity index (χ1v) is 11.2. The molecule has 2 amide bonds. The topological polar surface area (TPSA) is 106 Å². The smallest absolute Gasteiger partial charge is 0.417 e. The summed E-state index contributed by atoms with van der Waals surface area (Å²) in [5, 5.41) is 10.4.